The number of carbonyl (C=O) groups is 1. The average molecular weight is 246 g/mol. The molecule has 0 unspecified atom stereocenters. The van der Waals surface area contributed by atoms with Crippen molar-refractivity contribution in [2.45, 2.75) is 37.1 Å². The number of carbonyl (C=O) groups excluding carboxylic acids is 1. The molecule has 74 valence electrons. The van der Waals surface area contributed by atoms with Crippen molar-refractivity contribution in [3.05, 3.63) is 12.7 Å². The topological polar surface area (TPSA) is 20.3 Å². The van der Waals surface area contributed by atoms with Gasteiger partial charge in [0.2, 0.25) is 5.91 Å². The Morgan fingerprint density at radius 2 is 2.23 bits per heavy atom. The minimum atomic E-state index is -0.446. The van der Waals surface area contributed by atoms with E-state index in [-0.39, 0.29) is 5.91 Å². The molecule has 0 radical (unpaired) electrons. The number of amides is 1. The summed E-state index contributed by atoms with van der Waals surface area (Å²) in [5.74, 6) is 0.162. The lowest BCUT2D eigenvalue weighted by molar-refractivity contribution is -0.132. The minimum Gasteiger partial charge on any atom is -0.335 e. The summed E-state index contributed by atoms with van der Waals surface area (Å²) in [5, 5.41) is 0. The van der Waals surface area contributed by atoms with Crippen LogP contribution in [0.1, 0.15) is 26.7 Å². The van der Waals surface area contributed by atoms with Crippen molar-refractivity contribution in [2.24, 2.45) is 0 Å². The van der Waals surface area contributed by atoms with Gasteiger partial charge >= 0.3 is 0 Å². The third-order valence-corrected chi connectivity index (χ3v) is 2.42. The molecule has 13 heavy (non-hydrogen) atoms. The van der Waals surface area contributed by atoms with E-state index in [1.165, 1.54) is 0 Å². The summed E-state index contributed by atoms with van der Waals surface area (Å²) in [6.07, 6.45) is 4.07. The fourth-order valence-corrected chi connectivity index (χ4v) is 1.49. The van der Waals surface area contributed by atoms with Crippen LogP contribution in [0.3, 0.4) is 0 Å². The van der Waals surface area contributed by atoms with Crippen molar-refractivity contribution in [1.29, 1.82) is 0 Å². The van der Waals surface area contributed by atoms with Gasteiger partial charge in [-0.1, -0.05) is 22.0 Å². The summed E-state index contributed by atoms with van der Waals surface area (Å²) in [6.45, 7) is 8.10. The molecule has 0 atom stereocenters. The van der Waals surface area contributed by atoms with Gasteiger partial charge in [0.05, 0.1) is 4.32 Å². The third-order valence-electron chi connectivity index (χ3n) is 2.08. The molecule has 0 bridgehead atoms. The smallest absolute Gasteiger partial charge is 0.239 e. The second kappa shape index (κ2) is 3.82. The zero-order valence-electron chi connectivity index (χ0n) is 8.22. The van der Waals surface area contributed by atoms with Gasteiger partial charge in [0.25, 0.3) is 0 Å². The first kappa shape index (κ1) is 10.8. The van der Waals surface area contributed by atoms with Crippen LogP contribution in [0, 0.1) is 0 Å². The Hall–Kier alpha value is -0.310. The number of halogens is 1. The summed E-state index contributed by atoms with van der Waals surface area (Å²) in [5.41, 5.74) is 0. The lowest BCUT2D eigenvalue weighted by Crippen LogP contribution is -2.43. The van der Waals surface area contributed by atoms with Gasteiger partial charge in [-0.15, -0.1) is 6.58 Å². The van der Waals surface area contributed by atoms with Crippen LogP contribution in [0.4, 0.5) is 0 Å². The highest BCUT2D eigenvalue weighted by Gasteiger charge is 2.37. The lowest BCUT2D eigenvalue weighted by Gasteiger charge is -2.27. The van der Waals surface area contributed by atoms with Crippen molar-refractivity contribution in [3.8, 4) is 0 Å². The Kier molecular flexibility index (Phi) is 3.17. The van der Waals surface area contributed by atoms with Gasteiger partial charge in [-0.3, -0.25) is 4.79 Å². The van der Waals surface area contributed by atoms with Gasteiger partial charge in [0, 0.05) is 12.6 Å². The lowest BCUT2D eigenvalue weighted by atomic mass is 10.2. The summed E-state index contributed by atoms with van der Waals surface area (Å²) in [4.78, 5) is 13.8. The van der Waals surface area contributed by atoms with Crippen LogP contribution in [0.25, 0.3) is 0 Å². The first-order valence-corrected chi connectivity index (χ1v) is 5.37. The average Bonchev–Trinajstić information content (AvgIpc) is 2.79. The molecule has 0 heterocycles. The van der Waals surface area contributed by atoms with Crippen LogP contribution in [0.15, 0.2) is 12.7 Å². The second-order valence-corrected chi connectivity index (χ2v) is 5.93. The fourth-order valence-electron chi connectivity index (χ4n) is 1.26. The number of hydrogen-bond donors (Lipinski definition) is 0. The van der Waals surface area contributed by atoms with Gasteiger partial charge in [-0.2, -0.15) is 0 Å². The maximum Gasteiger partial charge on any atom is 0.239 e. The van der Waals surface area contributed by atoms with E-state index in [1.807, 2.05) is 18.7 Å². The molecule has 1 rings (SSSR count). The van der Waals surface area contributed by atoms with E-state index in [1.54, 1.807) is 6.08 Å². The van der Waals surface area contributed by atoms with Crippen molar-refractivity contribution in [1.82, 2.24) is 4.90 Å². The summed E-state index contributed by atoms with van der Waals surface area (Å²) >= 11 is 3.39. The Bertz CT molecular complexity index is 215. The molecule has 0 spiro atoms. The van der Waals surface area contributed by atoms with Crippen LogP contribution in [0.5, 0.6) is 0 Å². The van der Waals surface area contributed by atoms with Crippen LogP contribution >= 0.6 is 15.9 Å². The van der Waals surface area contributed by atoms with Gasteiger partial charge in [-0.05, 0) is 26.7 Å². The van der Waals surface area contributed by atoms with E-state index >= 15 is 0 Å². The zero-order chi connectivity index (χ0) is 10.1. The SMILES string of the molecule is C=CCN(C(=O)C(C)(C)Br)C1CC1. The van der Waals surface area contributed by atoms with Gasteiger partial charge < -0.3 is 4.90 Å². The van der Waals surface area contributed by atoms with Gasteiger partial charge in [-0.25, -0.2) is 0 Å². The monoisotopic (exact) mass is 245 g/mol. The molecule has 1 fully saturated rings. The molecule has 0 aromatic carbocycles. The van der Waals surface area contributed by atoms with Crippen molar-refractivity contribution < 1.29 is 4.79 Å². The molecule has 1 aliphatic rings. The quantitative estimate of drug-likeness (QED) is 0.550. The molecular weight excluding hydrogens is 230 g/mol. The van der Waals surface area contributed by atoms with Crippen LogP contribution in [-0.4, -0.2) is 27.7 Å². The largest absolute Gasteiger partial charge is 0.335 e. The van der Waals surface area contributed by atoms with Gasteiger partial charge in [0.15, 0.2) is 0 Å². The molecule has 0 aliphatic heterocycles. The number of hydrogen-bond acceptors (Lipinski definition) is 1. The van der Waals surface area contributed by atoms with E-state index in [9.17, 15) is 4.79 Å². The molecule has 0 N–H and O–H groups in total. The van der Waals surface area contributed by atoms with Crippen molar-refractivity contribution in [2.75, 3.05) is 6.54 Å². The second-order valence-electron chi connectivity index (χ2n) is 3.95. The number of alkyl halides is 1. The van der Waals surface area contributed by atoms with E-state index in [0.717, 1.165) is 12.8 Å². The van der Waals surface area contributed by atoms with Crippen molar-refractivity contribution >= 4 is 21.8 Å². The molecule has 0 aromatic rings. The van der Waals surface area contributed by atoms with E-state index < -0.39 is 4.32 Å². The Morgan fingerprint density at radius 1 is 1.69 bits per heavy atom. The summed E-state index contributed by atoms with van der Waals surface area (Å²) in [7, 11) is 0. The summed E-state index contributed by atoms with van der Waals surface area (Å²) in [6, 6.07) is 0.460. The van der Waals surface area contributed by atoms with E-state index in [0.29, 0.717) is 12.6 Å². The van der Waals surface area contributed by atoms with Crippen LogP contribution < -0.4 is 0 Å². The van der Waals surface area contributed by atoms with Crippen LogP contribution in [0.2, 0.25) is 0 Å². The third kappa shape index (κ3) is 2.83. The van der Waals surface area contributed by atoms with E-state index in [4.69, 9.17) is 0 Å². The first-order valence-electron chi connectivity index (χ1n) is 4.57. The predicted octanol–water partition coefficient (Wildman–Crippen LogP) is 2.34. The van der Waals surface area contributed by atoms with Crippen LogP contribution in [-0.2, 0) is 4.79 Å². The highest BCUT2D eigenvalue weighted by atomic mass is 79.9. The molecule has 1 saturated carbocycles. The predicted molar refractivity (Wildman–Crippen MR) is 57.9 cm³/mol. The Balaban J connectivity index is 2.63. The van der Waals surface area contributed by atoms with Gasteiger partial charge in [0.1, 0.15) is 0 Å². The fraction of sp³-hybridized carbons (Fsp3) is 0.700. The molecular formula is C10H16BrNO. The number of nitrogens with zero attached hydrogens (tertiary/aromatic N) is 1. The minimum absolute atomic E-state index is 0.162. The molecule has 1 amide bonds. The first-order chi connectivity index (χ1) is 5.96. The highest BCUT2D eigenvalue weighted by molar-refractivity contribution is 9.10. The Labute approximate surface area is 88.1 Å². The molecule has 3 heteroatoms. The Morgan fingerprint density at radius 3 is 2.54 bits per heavy atom. The zero-order valence-corrected chi connectivity index (χ0v) is 9.80. The summed E-state index contributed by atoms with van der Waals surface area (Å²) < 4.78 is -0.446. The highest BCUT2D eigenvalue weighted by Crippen LogP contribution is 2.30. The standard InChI is InChI=1S/C10H16BrNO/c1-4-7-12(8-5-6-8)9(13)10(2,3)11/h4,8H,1,5-7H2,2-3H3. The maximum absolute atomic E-state index is 11.9. The molecule has 1 aliphatic carbocycles. The molecule has 2 nitrogen and oxygen atoms in total. The van der Waals surface area contributed by atoms with Crippen molar-refractivity contribution in [3.63, 3.8) is 0 Å². The maximum atomic E-state index is 11.9. The normalized spacial score (nSPS) is 16.8. The van der Waals surface area contributed by atoms with E-state index in [2.05, 4.69) is 22.5 Å². The molecule has 0 saturated heterocycles. The molecule has 0 aromatic heterocycles. The number of rotatable bonds is 4.